The number of aromatic nitrogens is 2. The number of nitrogens with zero attached hydrogens (tertiary/aromatic N) is 2. The van der Waals surface area contributed by atoms with Gasteiger partial charge in [0, 0.05) is 21.1 Å². The van der Waals surface area contributed by atoms with Crippen molar-refractivity contribution in [3.8, 4) is 5.75 Å². The quantitative estimate of drug-likeness (QED) is 0.505. The number of aryl methyl sites for hydroxylation is 1. The maximum atomic E-state index is 12.0. The number of fused-ring (bicyclic) bond motifs is 1. The number of hydrogen-bond acceptors (Lipinski definition) is 4. The van der Waals surface area contributed by atoms with Crippen LogP contribution in [-0.2, 0) is 7.05 Å². The van der Waals surface area contributed by atoms with Crippen LogP contribution in [-0.4, -0.2) is 35.2 Å². The van der Waals surface area contributed by atoms with E-state index in [2.05, 4.69) is 19.2 Å². The van der Waals surface area contributed by atoms with E-state index in [-0.39, 0.29) is 13.0 Å². The molecule has 0 aliphatic heterocycles. The van der Waals surface area contributed by atoms with E-state index in [1.54, 1.807) is 14.0 Å². The summed E-state index contributed by atoms with van der Waals surface area (Å²) in [5.74, 6) is 0.928. The molecule has 130 valence electrons. The van der Waals surface area contributed by atoms with Crippen LogP contribution in [0.1, 0.15) is 35.0 Å². The Kier molecular flexibility index (Phi) is 7.54. The van der Waals surface area contributed by atoms with Crippen LogP contribution in [0, 0.1) is 5.41 Å². The maximum Gasteiger partial charge on any atom is 0.334 e. The first-order chi connectivity index (χ1) is 11.0. The van der Waals surface area contributed by atoms with Crippen molar-refractivity contribution in [2.45, 2.75) is 33.6 Å². The van der Waals surface area contributed by atoms with Gasteiger partial charge in [0.2, 0.25) is 0 Å². The lowest BCUT2D eigenvalue weighted by Crippen LogP contribution is -2.25. The van der Waals surface area contributed by atoms with Crippen molar-refractivity contribution in [3.63, 3.8) is 0 Å². The Morgan fingerprint density at radius 2 is 1.96 bits per heavy atom. The van der Waals surface area contributed by atoms with E-state index >= 15 is 0 Å². The van der Waals surface area contributed by atoms with Crippen molar-refractivity contribution >= 4 is 16.9 Å². The smallest absolute Gasteiger partial charge is 0.334 e. The molecule has 2 N–H and O–H groups in total. The van der Waals surface area contributed by atoms with Crippen molar-refractivity contribution in [1.29, 1.82) is 5.41 Å². The molecule has 0 aliphatic carbocycles. The molecule has 6 heteroatoms. The van der Waals surface area contributed by atoms with Gasteiger partial charge in [-0.1, -0.05) is 26.7 Å². The molecule has 1 aromatic carbocycles. The molecule has 2 rings (SSSR count). The molecule has 1 aromatic heterocycles. The summed E-state index contributed by atoms with van der Waals surface area (Å²) in [7, 11) is 3.56. The summed E-state index contributed by atoms with van der Waals surface area (Å²) in [5.41, 5.74) is 1.27. The van der Waals surface area contributed by atoms with Gasteiger partial charge in [-0.05, 0) is 26.1 Å². The van der Waals surface area contributed by atoms with Gasteiger partial charge in [0.25, 0.3) is 0 Å². The second-order valence-corrected chi connectivity index (χ2v) is 5.36. The Morgan fingerprint density at radius 1 is 1.30 bits per heavy atom. The second-order valence-electron chi connectivity index (χ2n) is 5.36. The zero-order chi connectivity index (χ0) is 17.4. The summed E-state index contributed by atoms with van der Waals surface area (Å²) < 4.78 is 8.49. The molecule has 0 spiro atoms. The molecule has 6 nitrogen and oxygen atoms in total. The molecular formula is C17H30N4O2. The minimum absolute atomic E-state index is 0. The SMILES string of the molecule is CCCC.CNCCOc1ccc2c(c1)n(C)c(=O)n2C(C)=N.[HH]. The third-order valence-electron chi connectivity index (χ3n) is 3.48. The van der Waals surface area contributed by atoms with Crippen LogP contribution in [0.5, 0.6) is 5.75 Å². The van der Waals surface area contributed by atoms with Gasteiger partial charge in [0.15, 0.2) is 0 Å². The zero-order valence-electron chi connectivity index (χ0n) is 14.8. The second kappa shape index (κ2) is 9.15. The van der Waals surface area contributed by atoms with Crippen molar-refractivity contribution in [3.05, 3.63) is 28.7 Å². The molecular weight excluding hydrogens is 292 g/mol. The standard InChI is InChI=1S/C13H18N4O2.C4H10.H2/c1-9(14)17-11-5-4-10(19-7-6-15-2)8-12(11)16(3)13(17)18;1-3-4-2;/h4-5,8,14-15H,6-7H2,1-3H3;3-4H2,1-2H3;1H. The summed E-state index contributed by atoms with van der Waals surface area (Å²) in [6.07, 6.45) is 2.64. The molecule has 0 bridgehead atoms. The molecule has 0 unspecified atom stereocenters. The lowest BCUT2D eigenvalue weighted by atomic mass is 10.3. The van der Waals surface area contributed by atoms with E-state index in [4.69, 9.17) is 10.1 Å². The Labute approximate surface area is 139 Å². The van der Waals surface area contributed by atoms with Crippen LogP contribution in [0.3, 0.4) is 0 Å². The average Bonchev–Trinajstić information content (AvgIpc) is 2.79. The molecule has 0 atom stereocenters. The van der Waals surface area contributed by atoms with Crippen LogP contribution in [0.4, 0.5) is 0 Å². The van der Waals surface area contributed by atoms with Gasteiger partial charge in [-0.15, -0.1) is 0 Å². The summed E-state index contributed by atoms with van der Waals surface area (Å²) in [6.45, 7) is 7.29. The molecule has 0 amide bonds. The predicted octanol–water partition coefficient (Wildman–Crippen LogP) is 2.84. The van der Waals surface area contributed by atoms with Gasteiger partial charge in [-0.3, -0.25) is 9.98 Å². The number of nitrogens with one attached hydrogen (secondary N) is 2. The first kappa shape index (κ1) is 19.0. The lowest BCUT2D eigenvalue weighted by molar-refractivity contribution is 0.319. The summed E-state index contributed by atoms with van der Waals surface area (Å²) in [5, 5.41) is 10.7. The van der Waals surface area contributed by atoms with Crippen LogP contribution in [0.15, 0.2) is 23.0 Å². The Balaban J connectivity index is 0.000000954. The minimum atomic E-state index is -0.213. The van der Waals surface area contributed by atoms with Crippen LogP contribution in [0.25, 0.3) is 11.0 Å². The summed E-state index contributed by atoms with van der Waals surface area (Å²) in [4.78, 5) is 12.0. The number of imidazole rings is 1. The third-order valence-corrected chi connectivity index (χ3v) is 3.48. The fourth-order valence-corrected chi connectivity index (χ4v) is 2.00. The summed E-state index contributed by atoms with van der Waals surface area (Å²) >= 11 is 0. The Hall–Kier alpha value is -2.08. The fraction of sp³-hybridized carbons (Fsp3) is 0.529. The highest BCUT2D eigenvalue weighted by Crippen LogP contribution is 2.19. The predicted molar refractivity (Wildman–Crippen MR) is 98.1 cm³/mol. The van der Waals surface area contributed by atoms with Crippen molar-refractivity contribution in [1.82, 2.24) is 14.5 Å². The molecule has 2 aromatic rings. The normalized spacial score (nSPS) is 10.3. The lowest BCUT2D eigenvalue weighted by Gasteiger charge is -2.06. The molecule has 0 saturated heterocycles. The summed E-state index contributed by atoms with van der Waals surface area (Å²) in [6, 6.07) is 5.45. The van der Waals surface area contributed by atoms with Crippen LogP contribution >= 0.6 is 0 Å². The van der Waals surface area contributed by atoms with Gasteiger partial charge in [-0.25, -0.2) is 9.36 Å². The monoisotopic (exact) mass is 322 g/mol. The first-order valence-electron chi connectivity index (χ1n) is 8.02. The average molecular weight is 322 g/mol. The largest absolute Gasteiger partial charge is 0.492 e. The van der Waals surface area contributed by atoms with Gasteiger partial charge >= 0.3 is 5.69 Å². The highest BCUT2D eigenvalue weighted by Gasteiger charge is 2.12. The molecule has 1 heterocycles. The molecule has 0 saturated carbocycles. The van der Waals surface area contributed by atoms with E-state index in [0.29, 0.717) is 6.61 Å². The van der Waals surface area contributed by atoms with Gasteiger partial charge in [0.1, 0.15) is 18.2 Å². The Bertz CT molecular complexity index is 704. The maximum absolute atomic E-state index is 12.0. The molecule has 0 aliphatic rings. The van der Waals surface area contributed by atoms with Gasteiger partial charge in [-0.2, -0.15) is 0 Å². The minimum Gasteiger partial charge on any atom is -0.492 e. The molecule has 23 heavy (non-hydrogen) atoms. The number of likely N-dealkylation sites (N-methyl/N-ethyl adjacent to an activating group) is 1. The topological polar surface area (TPSA) is 72.0 Å². The van der Waals surface area contributed by atoms with Crippen molar-refractivity contribution in [2.75, 3.05) is 20.2 Å². The van der Waals surface area contributed by atoms with E-state index in [9.17, 15) is 4.79 Å². The number of hydrogen-bond donors (Lipinski definition) is 2. The first-order valence-corrected chi connectivity index (χ1v) is 8.02. The van der Waals surface area contributed by atoms with Crippen molar-refractivity contribution < 1.29 is 6.16 Å². The molecule has 0 fully saturated rings. The number of unbranched alkanes of at least 4 members (excludes halogenated alkanes) is 1. The number of rotatable bonds is 5. The van der Waals surface area contributed by atoms with E-state index in [1.165, 1.54) is 22.0 Å². The van der Waals surface area contributed by atoms with Gasteiger partial charge in [0.05, 0.1) is 11.0 Å². The third kappa shape index (κ3) is 4.69. The molecule has 0 radical (unpaired) electrons. The number of ether oxygens (including phenoxy) is 1. The van der Waals surface area contributed by atoms with Crippen molar-refractivity contribution in [2.24, 2.45) is 7.05 Å². The fourth-order valence-electron chi connectivity index (χ4n) is 2.00. The van der Waals surface area contributed by atoms with E-state index in [1.807, 2.05) is 25.2 Å². The zero-order valence-corrected chi connectivity index (χ0v) is 14.8. The highest BCUT2D eigenvalue weighted by atomic mass is 16.5. The number of benzene rings is 1. The Morgan fingerprint density at radius 3 is 2.48 bits per heavy atom. The van der Waals surface area contributed by atoms with Crippen LogP contribution < -0.4 is 15.7 Å². The van der Waals surface area contributed by atoms with Crippen LogP contribution in [0.2, 0.25) is 0 Å². The van der Waals surface area contributed by atoms with E-state index in [0.717, 1.165) is 23.3 Å². The van der Waals surface area contributed by atoms with E-state index < -0.39 is 0 Å². The van der Waals surface area contributed by atoms with Gasteiger partial charge < -0.3 is 10.1 Å². The highest BCUT2D eigenvalue weighted by molar-refractivity contribution is 5.91.